The Morgan fingerprint density at radius 2 is 2.12 bits per heavy atom. The summed E-state index contributed by atoms with van der Waals surface area (Å²) >= 11 is 0. The topological polar surface area (TPSA) is 138 Å². The molecule has 1 fully saturated rings. The number of rotatable bonds is 5. The first-order valence-electron chi connectivity index (χ1n) is 8.07. The van der Waals surface area contributed by atoms with Crippen LogP contribution in [0.4, 0.5) is 0 Å². The van der Waals surface area contributed by atoms with E-state index in [1.807, 2.05) is 5.01 Å². The Hall–Kier alpha value is -1.57. The predicted octanol–water partition coefficient (Wildman–Crippen LogP) is -1.05. The Labute approximate surface area is 145 Å². The third kappa shape index (κ3) is 4.34. The molecule has 4 N–H and O–H groups in total. The second kappa shape index (κ2) is 7.35. The normalized spacial score (nSPS) is 24.7. The summed E-state index contributed by atoms with van der Waals surface area (Å²) in [5, 5.41) is 9.12. The molecule has 11 nitrogen and oxygen atoms in total. The minimum absolute atomic E-state index is 0.194. The zero-order valence-electron chi connectivity index (χ0n) is 13.8. The first-order chi connectivity index (χ1) is 11.8. The molecule has 0 aliphatic carbocycles. The zero-order valence-corrected chi connectivity index (χ0v) is 14.6. The van der Waals surface area contributed by atoms with Crippen molar-refractivity contribution in [3.63, 3.8) is 0 Å². The maximum atomic E-state index is 12.7. The van der Waals surface area contributed by atoms with Gasteiger partial charge in [0.1, 0.15) is 6.04 Å². The molecule has 140 valence electrons. The number of nitrogens with one attached hydrogen (secondary N) is 3. The molecule has 0 aromatic carbocycles. The van der Waals surface area contributed by atoms with E-state index >= 15 is 0 Å². The molecule has 0 saturated carbocycles. The van der Waals surface area contributed by atoms with Crippen LogP contribution in [-0.2, 0) is 26.5 Å². The van der Waals surface area contributed by atoms with E-state index in [0.29, 0.717) is 11.3 Å². The molecular formula is C13H22N6O5S. The SMILES string of the molecule is Cn1ncc2c1[C@@H](C(=O)NN1CCCCC1)NC[C@@H]2NOS(=O)(=O)O. The summed E-state index contributed by atoms with van der Waals surface area (Å²) < 4.78 is 36.0. The number of carbonyl (C=O) groups is 1. The van der Waals surface area contributed by atoms with Crippen LogP contribution in [0, 0.1) is 0 Å². The van der Waals surface area contributed by atoms with Crippen molar-refractivity contribution >= 4 is 16.3 Å². The lowest BCUT2D eigenvalue weighted by molar-refractivity contribution is -0.129. The van der Waals surface area contributed by atoms with E-state index in [-0.39, 0.29) is 12.5 Å². The van der Waals surface area contributed by atoms with E-state index in [1.54, 1.807) is 17.9 Å². The van der Waals surface area contributed by atoms with E-state index < -0.39 is 22.5 Å². The molecule has 2 aliphatic rings. The third-order valence-corrected chi connectivity index (χ3v) is 4.68. The van der Waals surface area contributed by atoms with Gasteiger partial charge in [-0.2, -0.15) is 23.3 Å². The second-order valence-electron chi connectivity index (χ2n) is 6.16. The predicted molar refractivity (Wildman–Crippen MR) is 86.0 cm³/mol. The Morgan fingerprint density at radius 1 is 1.40 bits per heavy atom. The minimum Gasteiger partial charge on any atom is -0.299 e. The fourth-order valence-corrected chi connectivity index (χ4v) is 3.43. The van der Waals surface area contributed by atoms with Crippen LogP contribution >= 0.6 is 0 Å². The highest BCUT2D eigenvalue weighted by Gasteiger charge is 2.35. The van der Waals surface area contributed by atoms with Crippen molar-refractivity contribution in [2.75, 3.05) is 19.6 Å². The molecular weight excluding hydrogens is 352 g/mol. The van der Waals surface area contributed by atoms with Crippen LogP contribution in [0.1, 0.15) is 42.6 Å². The molecule has 1 amide bonds. The summed E-state index contributed by atoms with van der Waals surface area (Å²) in [4.78, 5) is 12.7. The maximum Gasteiger partial charge on any atom is 0.413 e. The van der Waals surface area contributed by atoms with E-state index in [4.69, 9.17) is 4.55 Å². The zero-order chi connectivity index (χ0) is 18.0. The molecule has 2 atom stereocenters. The van der Waals surface area contributed by atoms with Gasteiger partial charge >= 0.3 is 10.4 Å². The molecule has 3 heterocycles. The van der Waals surface area contributed by atoms with Gasteiger partial charge in [0.15, 0.2) is 0 Å². The summed E-state index contributed by atoms with van der Waals surface area (Å²) in [6.45, 7) is 1.87. The van der Waals surface area contributed by atoms with E-state index in [9.17, 15) is 13.2 Å². The maximum absolute atomic E-state index is 12.7. The Balaban J connectivity index is 1.73. The van der Waals surface area contributed by atoms with Crippen molar-refractivity contribution in [2.24, 2.45) is 7.05 Å². The van der Waals surface area contributed by atoms with Crippen molar-refractivity contribution < 1.29 is 22.0 Å². The van der Waals surface area contributed by atoms with Crippen LogP contribution in [0.2, 0.25) is 0 Å². The summed E-state index contributed by atoms with van der Waals surface area (Å²) in [7, 11) is -2.92. The number of amides is 1. The number of hydrazine groups is 1. The number of piperidine rings is 1. The quantitative estimate of drug-likeness (QED) is 0.375. The van der Waals surface area contributed by atoms with E-state index in [2.05, 4.69) is 25.6 Å². The first kappa shape index (κ1) is 18.2. The van der Waals surface area contributed by atoms with Gasteiger partial charge in [0.2, 0.25) is 0 Å². The van der Waals surface area contributed by atoms with Crippen LogP contribution in [0.15, 0.2) is 6.20 Å². The molecule has 0 radical (unpaired) electrons. The summed E-state index contributed by atoms with van der Waals surface area (Å²) in [5.74, 6) is -0.194. The van der Waals surface area contributed by atoms with Gasteiger partial charge in [-0.25, -0.2) is 5.01 Å². The number of fused-ring (bicyclic) bond motifs is 1. The van der Waals surface area contributed by atoms with Crippen molar-refractivity contribution in [1.29, 1.82) is 0 Å². The Kier molecular flexibility index (Phi) is 5.36. The van der Waals surface area contributed by atoms with Crippen molar-refractivity contribution in [2.45, 2.75) is 31.3 Å². The summed E-state index contributed by atoms with van der Waals surface area (Å²) in [6.07, 6.45) is 4.81. The molecule has 0 unspecified atom stereocenters. The molecule has 0 bridgehead atoms. The van der Waals surface area contributed by atoms with Gasteiger partial charge in [-0.1, -0.05) is 6.42 Å². The molecule has 1 aromatic heterocycles. The van der Waals surface area contributed by atoms with Crippen molar-refractivity contribution in [3.05, 3.63) is 17.5 Å². The van der Waals surface area contributed by atoms with Crippen molar-refractivity contribution in [1.82, 2.24) is 31.0 Å². The lowest BCUT2D eigenvalue weighted by Gasteiger charge is -2.32. The van der Waals surface area contributed by atoms with Gasteiger partial charge in [-0.15, -0.1) is 0 Å². The molecule has 1 aromatic rings. The number of hydrogen-bond donors (Lipinski definition) is 4. The Bertz CT molecular complexity index is 729. The Morgan fingerprint density at radius 3 is 2.80 bits per heavy atom. The average Bonchev–Trinajstić information content (AvgIpc) is 2.95. The summed E-state index contributed by atoms with van der Waals surface area (Å²) in [6, 6.07) is -1.20. The highest BCUT2D eigenvalue weighted by molar-refractivity contribution is 7.80. The van der Waals surface area contributed by atoms with Crippen LogP contribution in [0.25, 0.3) is 0 Å². The number of nitrogens with zero attached hydrogens (tertiary/aromatic N) is 3. The van der Waals surface area contributed by atoms with E-state index in [0.717, 1.165) is 25.9 Å². The lowest BCUT2D eigenvalue weighted by Crippen LogP contribution is -2.52. The van der Waals surface area contributed by atoms with Crippen molar-refractivity contribution in [3.8, 4) is 0 Å². The van der Waals surface area contributed by atoms with E-state index in [1.165, 1.54) is 6.42 Å². The highest BCUT2D eigenvalue weighted by atomic mass is 32.3. The van der Waals surface area contributed by atoms with Crippen LogP contribution in [0.5, 0.6) is 0 Å². The molecule has 3 rings (SSSR count). The molecule has 1 saturated heterocycles. The molecule has 12 heteroatoms. The van der Waals surface area contributed by atoms with Gasteiger partial charge < -0.3 is 0 Å². The number of aryl methyl sites for hydroxylation is 1. The van der Waals surface area contributed by atoms with Crippen LogP contribution < -0.4 is 16.2 Å². The highest BCUT2D eigenvalue weighted by Crippen LogP contribution is 2.28. The fraction of sp³-hybridized carbons (Fsp3) is 0.692. The third-order valence-electron chi connectivity index (χ3n) is 4.37. The molecule has 2 aliphatic heterocycles. The summed E-state index contributed by atoms with van der Waals surface area (Å²) in [5.41, 5.74) is 6.43. The molecule has 0 spiro atoms. The smallest absolute Gasteiger partial charge is 0.299 e. The van der Waals surface area contributed by atoms with Gasteiger partial charge in [0.05, 0.1) is 17.9 Å². The number of carbonyl (C=O) groups excluding carboxylic acids is 1. The number of hydroxylamine groups is 1. The van der Waals surface area contributed by atoms with Crippen LogP contribution in [0.3, 0.4) is 0 Å². The van der Waals surface area contributed by atoms with Gasteiger partial charge in [-0.3, -0.25) is 24.8 Å². The first-order valence-corrected chi connectivity index (χ1v) is 9.43. The average molecular weight is 374 g/mol. The van der Waals surface area contributed by atoms with Gasteiger partial charge in [0.25, 0.3) is 5.91 Å². The minimum atomic E-state index is -4.62. The standard InChI is InChI=1S/C13H22N6O5S/c1-18-12-9(7-15-18)10(17-24-25(21,22)23)8-14-11(12)13(20)16-19-5-3-2-4-6-19/h7,10-11,14,17H,2-6,8H2,1H3,(H,16,20)(H,21,22,23)/t10-,11-/m0/s1. The van der Waals surface area contributed by atoms with Gasteiger partial charge in [-0.05, 0) is 12.8 Å². The fourth-order valence-electron chi connectivity index (χ4n) is 3.20. The second-order valence-corrected chi connectivity index (χ2v) is 7.18. The lowest BCUT2D eigenvalue weighted by atomic mass is 9.98. The molecule has 25 heavy (non-hydrogen) atoms. The number of hydrogen-bond acceptors (Lipinski definition) is 8. The van der Waals surface area contributed by atoms with Gasteiger partial charge in [0, 0.05) is 32.2 Å². The monoisotopic (exact) mass is 374 g/mol. The largest absolute Gasteiger partial charge is 0.413 e. The van der Waals surface area contributed by atoms with Crippen LogP contribution in [-0.4, -0.2) is 53.3 Å². The number of aromatic nitrogens is 2.